The number of carbonyl (C=O) groups is 5. The van der Waals surface area contributed by atoms with Crippen molar-refractivity contribution in [3.8, 4) is 28.7 Å². The Morgan fingerprint density at radius 1 is 0.345 bits per heavy atom. The van der Waals surface area contributed by atoms with E-state index in [0.717, 1.165) is 0 Å². The topological polar surface area (TPSA) is 233 Å². The molecule has 15 heteroatoms. The van der Waals surface area contributed by atoms with Crippen molar-refractivity contribution in [2.45, 2.75) is 18.3 Å². The first-order valence-electron chi connectivity index (χ1n) is 16.3. The molecule has 2 atom stereocenters. The molecule has 55 heavy (non-hydrogen) atoms. The summed E-state index contributed by atoms with van der Waals surface area (Å²) in [6.07, 6.45) is -5.54. The number of rotatable bonds is 14. The van der Waals surface area contributed by atoms with Crippen LogP contribution in [0.1, 0.15) is 51.8 Å². The molecule has 0 aliphatic carbocycles. The smallest absolute Gasteiger partial charge is 0.338 e. The Morgan fingerprint density at radius 2 is 0.564 bits per heavy atom. The largest absolute Gasteiger partial charge is 0.508 e. The number of benzene rings is 5. The van der Waals surface area contributed by atoms with Gasteiger partial charge in [0.05, 0.1) is 27.8 Å². The Balaban J connectivity index is 1.56. The normalized spacial score (nSPS) is 12.3. The summed E-state index contributed by atoms with van der Waals surface area (Å²) < 4.78 is 28.2. The summed E-state index contributed by atoms with van der Waals surface area (Å²) in [5.74, 6) is -5.98. The summed E-state index contributed by atoms with van der Waals surface area (Å²) in [7, 11) is 0. The van der Waals surface area contributed by atoms with Crippen molar-refractivity contribution in [1.29, 1.82) is 0 Å². The van der Waals surface area contributed by atoms with E-state index in [1.54, 1.807) is 0 Å². The van der Waals surface area contributed by atoms with Crippen LogP contribution in [0.25, 0.3) is 0 Å². The number of esters is 5. The number of phenolic OH excluding ortho intramolecular Hbond substituents is 5. The maximum atomic E-state index is 13.6. The Kier molecular flexibility index (Phi) is 12.5. The predicted molar refractivity (Wildman–Crippen MR) is 189 cm³/mol. The van der Waals surface area contributed by atoms with Gasteiger partial charge < -0.3 is 49.2 Å². The van der Waals surface area contributed by atoms with Crippen LogP contribution in [-0.4, -0.2) is 86.9 Å². The summed E-state index contributed by atoms with van der Waals surface area (Å²) >= 11 is 0. The lowest BCUT2D eigenvalue weighted by molar-refractivity contribution is -0.112. The fourth-order valence-corrected chi connectivity index (χ4v) is 4.86. The zero-order chi connectivity index (χ0) is 39.5. The molecule has 5 rings (SSSR count). The minimum absolute atomic E-state index is 0.0304. The van der Waals surface area contributed by atoms with Crippen LogP contribution in [0.15, 0.2) is 121 Å². The fraction of sp³-hybridized carbons (Fsp3) is 0.125. The van der Waals surface area contributed by atoms with E-state index >= 15 is 0 Å². The lowest BCUT2D eigenvalue weighted by Crippen LogP contribution is -2.50. The van der Waals surface area contributed by atoms with E-state index in [-0.39, 0.29) is 56.6 Å². The van der Waals surface area contributed by atoms with E-state index in [1.165, 1.54) is 121 Å². The standard InChI is InChI=1S/C40H32O15/c41-28-11-1-23(2-12-28)36(46)51-21-33(53-38(48)25-5-15-30(43)16-6-25)35(55-40(50)27-9-19-32(45)20-10-27)34(54-39(49)26-7-17-31(44)18-8-26)22-52-37(47)24-3-13-29(42)14-4-24/h1-20,33-35,41-45H,21-22H2. The molecular formula is C40H32O15. The summed E-state index contributed by atoms with van der Waals surface area (Å²) in [6, 6.07) is 24.4. The first-order chi connectivity index (χ1) is 26.4. The third kappa shape index (κ3) is 10.7. The van der Waals surface area contributed by atoms with Gasteiger partial charge in [0.2, 0.25) is 0 Å². The van der Waals surface area contributed by atoms with E-state index < -0.39 is 61.4 Å². The molecule has 2 unspecified atom stereocenters. The molecule has 15 nitrogen and oxygen atoms in total. The lowest BCUT2D eigenvalue weighted by Gasteiger charge is -2.32. The molecule has 0 radical (unpaired) electrons. The Morgan fingerprint density at radius 3 is 0.818 bits per heavy atom. The maximum absolute atomic E-state index is 13.6. The van der Waals surface area contributed by atoms with Crippen LogP contribution in [0.3, 0.4) is 0 Å². The van der Waals surface area contributed by atoms with Crippen LogP contribution in [-0.2, 0) is 23.7 Å². The van der Waals surface area contributed by atoms with Gasteiger partial charge in [0.25, 0.3) is 0 Å². The van der Waals surface area contributed by atoms with E-state index in [2.05, 4.69) is 0 Å². The molecule has 0 bridgehead atoms. The highest BCUT2D eigenvalue weighted by molar-refractivity contribution is 5.92. The Labute approximate surface area is 312 Å². The highest BCUT2D eigenvalue weighted by Gasteiger charge is 2.41. The second-order valence-corrected chi connectivity index (χ2v) is 11.7. The third-order valence-corrected chi connectivity index (χ3v) is 7.77. The molecule has 0 saturated carbocycles. The van der Waals surface area contributed by atoms with Crippen molar-refractivity contribution in [2.75, 3.05) is 13.2 Å². The third-order valence-electron chi connectivity index (χ3n) is 7.77. The average Bonchev–Trinajstić information content (AvgIpc) is 3.18. The number of carbonyl (C=O) groups excluding carboxylic acids is 5. The summed E-state index contributed by atoms with van der Waals surface area (Å²) in [5, 5.41) is 48.6. The molecule has 5 aromatic rings. The number of ether oxygens (including phenoxy) is 5. The van der Waals surface area contributed by atoms with Crippen LogP contribution < -0.4 is 0 Å². The predicted octanol–water partition coefficient (Wildman–Crippen LogP) is 4.91. The number of aromatic hydroxyl groups is 5. The van der Waals surface area contributed by atoms with Gasteiger partial charge in [0.15, 0.2) is 18.3 Å². The molecule has 0 aromatic heterocycles. The summed E-state index contributed by atoms with van der Waals surface area (Å²) in [5.41, 5.74) is -0.396. The first-order valence-corrected chi connectivity index (χ1v) is 16.3. The van der Waals surface area contributed by atoms with Crippen LogP contribution in [0, 0.1) is 0 Å². The van der Waals surface area contributed by atoms with Gasteiger partial charge in [-0.1, -0.05) is 0 Å². The van der Waals surface area contributed by atoms with Gasteiger partial charge >= 0.3 is 29.8 Å². The molecule has 0 saturated heterocycles. The van der Waals surface area contributed by atoms with Gasteiger partial charge in [-0.25, -0.2) is 24.0 Å². The highest BCUT2D eigenvalue weighted by Crippen LogP contribution is 2.23. The number of hydrogen-bond donors (Lipinski definition) is 5. The molecule has 0 amide bonds. The first kappa shape index (κ1) is 38.7. The van der Waals surface area contributed by atoms with E-state index in [9.17, 15) is 49.5 Å². The maximum Gasteiger partial charge on any atom is 0.338 e. The zero-order valence-corrected chi connectivity index (χ0v) is 28.5. The number of hydrogen-bond acceptors (Lipinski definition) is 15. The highest BCUT2D eigenvalue weighted by atomic mass is 16.6. The molecule has 0 aliphatic heterocycles. The second-order valence-electron chi connectivity index (χ2n) is 11.7. The van der Waals surface area contributed by atoms with E-state index in [4.69, 9.17) is 23.7 Å². The van der Waals surface area contributed by atoms with Crippen LogP contribution >= 0.6 is 0 Å². The van der Waals surface area contributed by atoms with Gasteiger partial charge in [-0.2, -0.15) is 0 Å². The van der Waals surface area contributed by atoms with E-state index in [0.29, 0.717) is 0 Å². The van der Waals surface area contributed by atoms with Gasteiger partial charge in [0.1, 0.15) is 42.0 Å². The van der Waals surface area contributed by atoms with Crippen LogP contribution in [0.5, 0.6) is 28.7 Å². The van der Waals surface area contributed by atoms with Crippen molar-refractivity contribution in [3.63, 3.8) is 0 Å². The summed E-state index contributed by atoms with van der Waals surface area (Å²) in [6.45, 7) is -1.70. The molecule has 0 aliphatic rings. The van der Waals surface area contributed by atoms with Gasteiger partial charge in [-0.15, -0.1) is 0 Å². The Hall–Kier alpha value is -7.55. The SMILES string of the molecule is O=C(OCC(OC(=O)c1ccc(O)cc1)C(OC(=O)c1ccc(O)cc1)C(COC(=O)c1ccc(O)cc1)OC(=O)c1ccc(O)cc1)c1ccc(O)cc1. The second kappa shape index (κ2) is 17.8. The lowest BCUT2D eigenvalue weighted by atomic mass is 10.1. The molecule has 0 heterocycles. The van der Waals surface area contributed by atoms with E-state index in [1.807, 2.05) is 0 Å². The molecule has 282 valence electrons. The molecular weight excluding hydrogens is 720 g/mol. The minimum Gasteiger partial charge on any atom is -0.508 e. The van der Waals surface area contributed by atoms with Gasteiger partial charge in [-0.05, 0) is 121 Å². The monoisotopic (exact) mass is 752 g/mol. The Bertz CT molecular complexity index is 1990. The molecule has 5 aromatic carbocycles. The van der Waals surface area contributed by atoms with Crippen molar-refractivity contribution in [3.05, 3.63) is 149 Å². The quantitative estimate of drug-likeness (QED) is 0.0749. The van der Waals surface area contributed by atoms with Crippen molar-refractivity contribution >= 4 is 29.8 Å². The average molecular weight is 753 g/mol. The molecule has 0 fully saturated rings. The fourth-order valence-electron chi connectivity index (χ4n) is 4.86. The van der Waals surface area contributed by atoms with Crippen LogP contribution in [0.2, 0.25) is 0 Å². The minimum atomic E-state index is -1.91. The zero-order valence-electron chi connectivity index (χ0n) is 28.5. The number of phenols is 5. The van der Waals surface area contributed by atoms with Crippen molar-refractivity contribution < 1.29 is 73.2 Å². The summed E-state index contributed by atoms with van der Waals surface area (Å²) in [4.78, 5) is 66.9. The van der Waals surface area contributed by atoms with Crippen molar-refractivity contribution in [1.82, 2.24) is 0 Å². The molecule has 0 spiro atoms. The van der Waals surface area contributed by atoms with Gasteiger partial charge in [0, 0.05) is 0 Å². The van der Waals surface area contributed by atoms with Crippen molar-refractivity contribution in [2.24, 2.45) is 0 Å². The van der Waals surface area contributed by atoms with Crippen LogP contribution in [0.4, 0.5) is 0 Å². The molecule has 5 N–H and O–H groups in total. The van der Waals surface area contributed by atoms with Gasteiger partial charge in [-0.3, -0.25) is 0 Å².